The van der Waals surface area contributed by atoms with Crippen LogP contribution >= 0.6 is 0 Å². The normalized spacial score (nSPS) is 14.8. The number of fused-ring (bicyclic) bond motifs is 1. The number of nitrogens with one attached hydrogen (secondary N) is 4. The molecule has 0 spiro atoms. The van der Waals surface area contributed by atoms with E-state index in [-0.39, 0.29) is 12.3 Å². The molecule has 1 aromatic heterocycles. The van der Waals surface area contributed by atoms with Gasteiger partial charge in [0.05, 0.1) is 6.04 Å². The van der Waals surface area contributed by atoms with Gasteiger partial charge in [-0.15, -0.1) is 0 Å². The molecule has 0 fully saturated rings. The molecular weight excluding hydrogens is 426 g/mol. The lowest BCUT2D eigenvalue weighted by Crippen LogP contribution is -2.57. The third-order valence-corrected chi connectivity index (χ3v) is 5.21. The van der Waals surface area contributed by atoms with Gasteiger partial charge in [-0.05, 0) is 37.8 Å². The van der Waals surface area contributed by atoms with Crippen molar-refractivity contribution < 1.29 is 24.3 Å². The number of carboxylic acid groups (broad SMARTS) is 1. The van der Waals surface area contributed by atoms with Crippen LogP contribution in [0.1, 0.15) is 39.7 Å². The Morgan fingerprint density at radius 3 is 2.15 bits per heavy atom. The minimum Gasteiger partial charge on any atom is -0.480 e. The Morgan fingerprint density at radius 2 is 1.55 bits per heavy atom. The fraction of sp³-hybridized carbons (Fsp3) is 0.478. The lowest BCUT2D eigenvalue weighted by Gasteiger charge is -2.25. The third kappa shape index (κ3) is 7.31. The minimum atomic E-state index is -1.18. The van der Waals surface area contributed by atoms with E-state index >= 15 is 0 Å². The topological polar surface area (TPSA) is 166 Å². The molecule has 33 heavy (non-hydrogen) atoms. The molecule has 0 saturated carbocycles. The van der Waals surface area contributed by atoms with E-state index in [1.165, 1.54) is 13.8 Å². The van der Waals surface area contributed by atoms with Crippen molar-refractivity contribution in [3.63, 3.8) is 0 Å². The van der Waals surface area contributed by atoms with Crippen molar-refractivity contribution in [2.24, 2.45) is 11.7 Å². The zero-order chi connectivity index (χ0) is 24.7. The van der Waals surface area contributed by atoms with Crippen LogP contribution in [0.25, 0.3) is 10.9 Å². The Morgan fingerprint density at radius 1 is 0.939 bits per heavy atom. The van der Waals surface area contributed by atoms with Gasteiger partial charge in [0, 0.05) is 23.5 Å². The average molecular weight is 460 g/mol. The van der Waals surface area contributed by atoms with Gasteiger partial charge in [-0.25, -0.2) is 0 Å². The van der Waals surface area contributed by atoms with E-state index < -0.39 is 47.9 Å². The van der Waals surface area contributed by atoms with Crippen molar-refractivity contribution in [3.05, 3.63) is 36.0 Å². The maximum absolute atomic E-state index is 13.2. The summed E-state index contributed by atoms with van der Waals surface area (Å²) in [6.07, 6.45) is 2.25. The molecule has 10 nitrogen and oxygen atoms in total. The van der Waals surface area contributed by atoms with E-state index in [4.69, 9.17) is 10.8 Å². The highest BCUT2D eigenvalue weighted by atomic mass is 16.4. The summed E-state index contributed by atoms with van der Waals surface area (Å²) in [5.41, 5.74) is 7.39. The molecular formula is C23H33N5O5. The SMILES string of the molecule is CC(C)CC(NC(=O)C(Cc1c[nH]c2ccccc12)NC(=O)C(C)N)C(=O)NC(C)C(=O)O. The van der Waals surface area contributed by atoms with Crippen LogP contribution < -0.4 is 21.7 Å². The number of hydrogen-bond donors (Lipinski definition) is 6. The van der Waals surface area contributed by atoms with Gasteiger partial charge in [-0.2, -0.15) is 0 Å². The first-order valence-corrected chi connectivity index (χ1v) is 10.9. The van der Waals surface area contributed by atoms with Crippen molar-refractivity contribution in [1.29, 1.82) is 0 Å². The number of carboxylic acids is 1. The molecule has 180 valence electrons. The van der Waals surface area contributed by atoms with Crippen molar-refractivity contribution >= 4 is 34.6 Å². The largest absolute Gasteiger partial charge is 0.480 e. The number of aromatic amines is 1. The number of carbonyl (C=O) groups excluding carboxylic acids is 3. The number of H-pyrrole nitrogens is 1. The van der Waals surface area contributed by atoms with E-state index in [2.05, 4.69) is 20.9 Å². The molecule has 2 aromatic rings. The highest BCUT2D eigenvalue weighted by molar-refractivity contribution is 5.94. The van der Waals surface area contributed by atoms with Gasteiger partial charge in [0.25, 0.3) is 0 Å². The molecule has 3 amide bonds. The minimum absolute atomic E-state index is 0.0481. The quantitative estimate of drug-likeness (QED) is 0.289. The second-order valence-electron chi connectivity index (χ2n) is 8.67. The number of benzene rings is 1. The van der Waals surface area contributed by atoms with Gasteiger partial charge in [-0.1, -0.05) is 32.0 Å². The summed E-state index contributed by atoms with van der Waals surface area (Å²) in [6, 6.07) is 3.70. The summed E-state index contributed by atoms with van der Waals surface area (Å²) in [5.74, 6) is -2.79. The molecule has 0 aliphatic heterocycles. The molecule has 1 aromatic carbocycles. The van der Waals surface area contributed by atoms with Crippen LogP contribution in [0.2, 0.25) is 0 Å². The molecule has 4 unspecified atom stereocenters. The van der Waals surface area contributed by atoms with Crippen molar-refractivity contribution in [2.45, 2.75) is 64.7 Å². The zero-order valence-electron chi connectivity index (χ0n) is 19.3. The lowest BCUT2D eigenvalue weighted by atomic mass is 10.0. The van der Waals surface area contributed by atoms with Crippen molar-refractivity contribution in [3.8, 4) is 0 Å². The Hall–Kier alpha value is -3.40. The summed E-state index contributed by atoms with van der Waals surface area (Å²) >= 11 is 0. The van der Waals surface area contributed by atoms with E-state index in [1.807, 2.05) is 38.1 Å². The smallest absolute Gasteiger partial charge is 0.325 e. The number of nitrogens with two attached hydrogens (primary N) is 1. The predicted octanol–water partition coefficient (Wildman–Crippen LogP) is 0.663. The Labute approximate surface area is 192 Å². The number of hydrogen-bond acceptors (Lipinski definition) is 5. The molecule has 0 saturated heterocycles. The molecule has 0 aliphatic rings. The van der Waals surface area contributed by atoms with Crippen LogP contribution in [0.15, 0.2) is 30.5 Å². The first kappa shape index (κ1) is 25.9. The first-order valence-electron chi connectivity index (χ1n) is 10.9. The van der Waals surface area contributed by atoms with E-state index in [0.29, 0.717) is 6.42 Å². The third-order valence-electron chi connectivity index (χ3n) is 5.21. The molecule has 0 bridgehead atoms. The monoisotopic (exact) mass is 459 g/mol. The second-order valence-corrected chi connectivity index (χ2v) is 8.67. The molecule has 10 heteroatoms. The van der Waals surface area contributed by atoms with Crippen molar-refractivity contribution in [1.82, 2.24) is 20.9 Å². The summed E-state index contributed by atoms with van der Waals surface area (Å²) in [7, 11) is 0. The Bertz CT molecular complexity index is 1000. The van der Waals surface area contributed by atoms with Crippen LogP contribution in [-0.4, -0.2) is 57.9 Å². The summed E-state index contributed by atoms with van der Waals surface area (Å²) < 4.78 is 0. The number of aliphatic carboxylic acids is 1. The fourth-order valence-electron chi connectivity index (χ4n) is 3.38. The van der Waals surface area contributed by atoms with Gasteiger partial charge in [-0.3, -0.25) is 19.2 Å². The highest BCUT2D eigenvalue weighted by Crippen LogP contribution is 2.19. The van der Waals surface area contributed by atoms with Crippen LogP contribution in [0.3, 0.4) is 0 Å². The Balaban J connectivity index is 2.25. The lowest BCUT2D eigenvalue weighted by molar-refractivity contribution is -0.141. The summed E-state index contributed by atoms with van der Waals surface area (Å²) in [5, 5.41) is 17.7. The standard InChI is InChI=1S/C23H33N5O5/c1-12(2)9-18(21(30)26-14(4)23(32)33)28-22(31)19(27-20(29)13(3)24)10-15-11-25-17-8-6-5-7-16(15)17/h5-8,11-14,18-19,25H,9-10,24H2,1-4H3,(H,26,30)(H,27,29)(H,28,31)(H,32,33). The van der Waals surface area contributed by atoms with E-state index in [1.54, 1.807) is 6.20 Å². The molecule has 1 heterocycles. The maximum Gasteiger partial charge on any atom is 0.325 e. The molecule has 0 radical (unpaired) electrons. The van der Waals surface area contributed by atoms with Gasteiger partial charge >= 0.3 is 5.97 Å². The van der Waals surface area contributed by atoms with E-state index in [9.17, 15) is 19.2 Å². The van der Waals surface area contributed by atoms with Gasteiger partial charge in [0.2, 0.25) is 17.7 Å². The van der Waals surface area contributed by atoms with Crippen LogP contribution in [0.4, 0.5) is 0 Å². The predicted molar refractivity (Wildman–Crippen MR) is 124 cm³/mol. The van der Waals surface area contributed by atoms with E-state index in [0.717, 1.165) is 16.5 Å². The number of amides is 3. The maximum atomic E-state index is 13.2. The number of para-hydroxylation sites is 1. The van der Waals surface area contributed by atoms with Crippen molar-refractivity contribution in [2.75, 3.05) is 0 Å². The number of carbonyl (C=O) groups is 4. The molecule has 4 atom stereocenters. The number of rotatable bonds is 11. The van der Waals surface area contributed by atoms with Gasteiger partial charge < -0.3 is 31.8 Å². The zero-order valence-corrected chi connectivity index (χ0v) is 19.3. The molecule has 7 N–H and O–H groups in total. The van der Waals surface area contributed by atoms with Gasteiger partial charge in [0.1, 0.15) is 18.1 Å². The first-order chi connectivity index (χ1) is 15.5. The van der Waals surface area contributed by atoms with Crippen LogP contribution in [-0.2, 0) is 25.6 Å². The fourth-order valence-corrected chi connectivity index (χ4v) is 3.38. The van der Waals surface area contributed by atoms with Crippen LogP contribution in [0.5, 0.6) is 0 Å². The highest BCUT2D eigenvalue weighted by Gasteiger charge is 2.30. The Kier molecular flexibility index (Phi) is 8.98. The average Bonchev–Trinajstić information content (AvgIpc) is 3.14. The number of aromatic nitrogens is 1. The molecule has 2 rings (SSSR count). The second kappa shape index (κ2) is 11.5. The van der Waals surface area contributed by atoms with Crippen LogP contribution in [0, 0.1) is 5.92 Å². The molecule has 0 aliphatic carbocycles. The summed E-state index contributed by atoms with van der Waals surface area (Å²) in [4.78, 5) is 52.4. The summed E-state index contributed by atoms with van der Waals surface area (Å²) in [6.45, 7) is 6.62. The van der Waals surface area contributed by atoms with Gasteiger partial charge in [0.15, 0.2) is 0 Å².